The maximum Gasteiger partial charge on any atom is 0.213 e. The van der Waals surface area contributed by atoms with E-state index in [1.54, 1.807) is 18.3 Å². The first-order valence-corrected chi connectivity index (χ1v) is 9.90. The minimum Gasteiger partial charge on any atom is -0.348 e. The molecule has 4 heteroatoms. The normalized spacial score (nSPS) is 12.1. The Morgan fingerprint density at radius 1 is 0.966 bits per heavy atom. The third kappa shape index (κ3) is 4.96. The number of aryl methyl sites for hydroxylation is 1. The van der Waals surface area contributed by atoms with Crippen LogP contribution in [0.3, 0.4) is 0 Å². The van der Waals surface area contributed by atoms with Crippen LogP contribution >= 0.6 is 0 Å². The van der Waals surface area contributed by atoms with Crippen molar-refractivity contribution >= 4 is 17.7 Å². The molecule has 0 spiro atoms. The van der Waals surface area contributed by atoms with Crippen molar-refractivity contribution < 1.29 is 4.79 Å². The molecule has 0 atom stereocenters. The molecular weight excluding hydrogens is 358 g/mol. The van der Waals surface area contributed by atoms with Crippen LogP contribution in [0.1, 0.15) is 46.7 Å². The van der Waals surface area contributed by atoms with Crippen LogP contribution in [0.25, 0.3) is 0 Å². The summed E-state index contributed by atoms with van der Waals surface area (Å²) in [5.74, 6) is 0.426. The summed E-state index contributed by atoms with van der Waals surface area (Å²) in [5, 5.41) is 8.62. The van der Waals surface area contributed by atoms with Crippen molar-refractivity contribution in [2.75, 3.05) is 0 Å². The Hall–Kier alpha value is -3.27. The lowest BCUT2D eigenvalue weighted by Crippen LogP contribution is -2.15. The predicted octanol–water partition coefficient (Wildman–Crippen LogP) is 5.47. The fourth-order valence-electron chi connectivity index (χ4n) is 3.31. The average Bonchev–Trinajstić information content (AvgIpc) is 2.99. The molecule has 0 aliphatic heterocycles. The highest BCUT2D eigenvalue weighted by atomic mass is 16.1. The van der Waals surface area contributed by atoms with Gasteiger partial charge < -0.3 is 4.57 Å². The van der Waals surface area contributed by atoms with Crippen LogP contribution in [0.5, 0.6) is 0 Å². The van der Waals surface area contributed by atoms with Gasteiger partial charge in [0.2, 0.25) is 5.78 Å². The number of carbonyl (C=O) groups is 1. The summed E-state index contributed by atoms with van der Waals surface area (Å²) in [6.07, 6.45) is 1.74. The van der Waals surface area contributed by atoms with Gasteiger partial charge in [0.25, 0.3) is 0 Å². The largest absolute Gasteiger partial charge is 0.348 e. The summed E-state index contributed by atoms with van der Waals surface area (Å²) < 4.78 is 2.29. The molecule has 3 aromatic rings. The summed E-state index contributed by atoms with van der Waals surface area (Å²) in [7, 11) is 0. The van der Waals surface area contributed by atoms with E-state index in [0.29, 0.717) is 17.2 Å². The van der Waals surface area contributed by atoms with Crippen molar-refractivity contribution in [3.8, 4) is 0 Å². The molecule has 1 aromatic heterocycles. The van der Waals surface area contributed by atoms with Crippen molar-refractivity contribution in [1.82, 2.24) is 4.57 Å². The summed E-state index contributed by atoms with van der Waals surface area (Å²) >= 11 is 0. The molecule has 0 saturated heterocycles. The molecule has 0 bridgehead atoms. The van der Waals surface area contributed by atoms with E-state index < -0.39 is 0 Å². The Morgan fingerprint density at radius 3 is 2.14 bits per heavy atom. The smallest absolute Gasteiger partial charge is 0.213 e. The molecule has 148 valence electrons. The fourth-order valence-corrected chi connectivity index (χ4v) is 3.31. The molecule has 0 N–H and O–H groups in total. The van der Waals surface area contributed by atoms with Crippen molar-refractivity contribution in [2.24, 2.45) is 16.1 Å². The highest BCUT2D eigenvalue weighted by Crippen LogP contribution is 2.16. The number of hydrogen-bond acceptors (Lipinski definition) is 3. The maximum atomic E-state index is 13.0. The Morgan fingerprint density at radius 2 is 1.55 bits per heavy atom. The topological polar surface area (TPSA) is 46.7 Å². The second kappa shape index (κ2) is 9.28. The molecule has 0 amide bonds. The van der Waals surface area contributed by atoms with Crippen LogP contribution < -0.4 is 0 Å². The van der Waals surface area contributed by atoms with Gasteiger partial charge in [0.05, 0.1) is 6.21 Å². The van der Waals surface area contributed by atoms with Crippen LogP contribution in [-0.4, -0.2) is 22.3 Å². The van der Waals surface area contributed by atoms with Gasteiger partial charge in [0.15, 0.2) is 0 Å². The third-order valence-corrected chi connectivity index (χ3v) is 4.81. The van der Waals surface area contributed by atoms with Crippen LogP contribution in [0, 0.1) is 19.8 Å². The zero-order chi connectivity index (χ0) is 20.8. The minimum atomic E-state index is -0.140. The molecule has 4 nitrogen and oxygen atoms in total. The van der Waals surface area contributed by atoms with E-state index in [1.165, 1.54) is 5.69 Å². The van der Waals surface area contributed by atoms with Crippen LogP contribution in [0.2, 0.25) is 0 Å². The van der Waals surface area contributed by atoms with Crippen molar-refractivity contribution in [2.45, 2.75) is 34.2 Å². The second-order valence-electron chi connectivity index (χ2n) is 7.59. The van der Waals surface area contributed by atoms with E-state index in [2.05, 4.69) is 48.5 Å². The number of hydrogen-bond donors (Lipinski definition) is 0. The van der Waals surface area contributed by atoms with E-state index in [0.717, 1.165) is 23.4 Å². The Bertz CT molecular complexity index is 1030. The summed E-state index contributed by atoms with van der Waals surface area (Å²) in [4.78, 5) is 13.0. The monoisotopic (exact) mass is 385 g/mol. The molecule has 2 aromatic carbocycles. The van der Waals surface area contributed by atoms with Gasteiger partial charge in [0.1, 0.15) is 5.71 Å². The predicted molar refractivity (Wildman–Crippen MR) is 120 cm³/mol. The van der Waals surface area contributed by atoms with Gasteiger partial charge in [-0.25, -0.2) is 0 Å². The van der Waals surface area contributed by atoms with Crippen molar-refractivity contribution in [3.05, 3.63) is 94.8 Å². The van der Waals surface area contributed by atoms with Crippen molar-refractivity contribution in [1.29, 1.82) is 0 Å². The molecule has 3 rings (SSSR count). The fraction of sp³-hybridized carbons (Fsp3) is 0.240. The number of aromatic nitrogens is 1. The van der Waals surface area contributed by atoms with Gasteiger partial charge in [-0.15, -0.1) is 5.10 Å². The first-order chi connectivity index (χ1) is 14.0. The zero-order valence-corrected chi connectivity index (χ0v) is 17.5. The summed E-state index contributed by atoms with van der Waals surface area (Å²) in [6, 6.07) is 20.8. The Kier molecular flexibility index (Phi) is 6.55. The molecule has 1 heterocycles. The lowest BCUT2D eigenvalue weighted by atomic mass is 10.0. The number of benzene rings is 2. The second-order valence-corrected chi connectivity index (χ2v) is 7.59. The van der Waals surface area contributed by atoms with Gasteiger partial charge in [0, 0.05) is 34.6 Å². The zero-order valence-electron chi connectivity index (χ0n) is 17.5. The molecule has 0 aliphatic rings. The van der Waals surface area contributed by atoms with Crippen LogP contribution in [0.4, 0.5) is 0 Å². The minimum absolute atomic E-state index is 0.140. The molecule has 0 unspecified atom stereocenters. The van der Waals surface area contributed by atoms with E-state index in [-0.39, 0.29) is 5.78 Å². The van der Waals surface area contributed by atoms with E-state index >= 15 is 0 Å². The van der Waals surface area contributed by atoms with Crippen LogP contribution in [0.15, 0.2) is 76.9 Å². The Balaban J connectivity index is 1.94. The number of ketones is 1. The number of carbonyl (C=O) groups excluding carboxylic acids is 1. The standard InChI is InChI=1S/C25H27N3O/c1-18(2)17-28-19(3)15-23(20(28)4)16-26-27-24(21-11-7-5-8-12-21)25(29)22-13-9-6-10-14-22/h5-16,18H,17H2,1-4H3/b26-16-,27-24-. The van der Waals surface area contributed by atoms with Gasteiger partial charge in [-0.2, -0.15) is 5.10 Å². The number of Topliss-reactive ketones (excluding diaryl/α,β-unsaturated/α-hetero) is 1. The average molecular weight is 386 g/mol. The third-order valence-electron chi connectivity index (χ3n) is 4.81. The highest BCUT2D eigenvalue weighted by Gasteiger charge is 2.16. The van der Waals surface area contributed by atoms with Crippen molar-refractivity contribution in [3.63, 3.8) is 0 Å². The summed E-state index contributed by atoms with van der Waals surface area (Å²) in [6.45, 7) is 9.57. The van der Waals surface area contributed by atoms with Gasteiger partial charge in [-0.1, -0.05) is 74.5 Å². The number of nitrogens with zero attached hydrogens (tertiary/aromatic N) is 3. The number of rotatable bonds is 7. The van der Waals surface area contributed by atoms with Gasteiger partial charge in [-0.05, 0) is 25.8 Å². The quantitative estimate of drug-likeness (QED) is 0.302. The molecule has 0 saturated carbocycles. The molecular formula is C25H27N3O. The molecule has 29 heavy (non-hydrogen) atoms. The van der Waals surface area contributed by atoms with E-state index in [1.807, 2.05) is 48.5 Å². The van der Waals surface area contributed by atoms with E-state index in [4.69, 9.17) is 0 Å². The van der Waals surface area contributed by atoms with Gasteiger partial charge >= 0.3 is 0 Å². The summed E-state index contributed by atoms with van der Waals surface area (Å²) in [5.41, 5.74) is 5.07. The SMILES string of the molecule is Cc1cc(/C=N\N=C(/C(=O)c2ccccc2)c2ccccc2)c(C)n1CC(C)C. The lowest BCUT2D eigenvalue weighted by Gasteiger charge is -2.11. The maximum absolute atomic E-state index is 13.0. The Labute approximate surface area is 172 Å². The molecule has 0 aliphatic carbocycles. The van der Waals surface area contributed by atoms with Crippen LogP contribution in [-0.2, 0) is 6.54 Å². The molecule has 0 fully saturated rings. The first kappa shape index (κ1) is 20.5. The first-order valence-electron chi connectivity index (χ1n) is 9.90. The van der Waals surface area contributed by atoms with E-state index in [9.17, 15) is 4.79 Å². The molecule has 0 radical (unpaired) electrons. The van der Waals surface area contributed by atoms with Gasteiger partial charge in [-0.3, -0.25) is 4.79 Å². The highest BCUT2D eigenvalue weighted by molar-refractivity contribution is 6.51. The lowest BCUT2D eigenvalue weighted by molar-refractivity contribution is 0.106.